The number of rotatable bonds is 2. The first-order valence-corrected chi connectivity index (χ1v) is 8.12. The van der Waals surface area contributed by atoms with E-state index in [1.165, 1.54) is 34.8 Å². The van der Waals surface area contributed by atoms with E-state index < -0.39 is 16.1 Å². The molecule has 1 fully saturated rings. The maximum atomic E-state index is 12.4. The van der Waals surface area contributed by atoms with E-state index in [9.17, 15) is 13.2 Å². The number of methoxy groups -OCH3 is 1. The van der Waals surface area contributed by atoms with E-state index in [0.29, 0.717) is 17.6 Å². The normalized spacial score (nSPS) is 17.0. The summed E-state index contributed by atoms with van der Waals surface area (Å²) in [6.07, 6.45) is 2.40. The average molecular weight is 364 g/mol. The minimum atomic E-state index is -3.58. The molecule has 0 atom stereocenters. The first-order chi connectivity index (χ1) is 9.45. The third-order valence-corrected chi connectivity index (χ3v) is 5.29. The Labute approximate surface area is 125 Å². The number of ether oxygens (including phenoxy) is 1. The number of piperazine rings is 1. The number of amides is 1. The van der Waals surface area contributed by atoms with Crippen LogP contribution in [0.2, 0.25) is 0 Å². The van der Waals surface area contributed by atoms with Gasteiger partial charge in [-0.1, -0.05) is 0 Å². The van der Waals surface area contributed by atoms with Crippen LogP contribution < -0.4 is 0 Å². The van der Waals surface area contributed by atoms with Gasteiger partial charge in [0.1, 0.15) is 4.90 Å². The minimum Gasteiger partial charge on any atom is -0.453 e. The van der Waals surface area contributed by atoms with Crippen molar-refractivity contribution in [3.63, 3.8) is 0 Å². The van der Waals surface area contributed by atoms with E-state index in [2.05, 4.69) is 25.7 Å². The topological polar surface area (TPSA) is 79.8 Å². The highest BCUT2D eigenvalue weighted by Crippen LogP contribution is 2.20. The SMILES string of the molecule is COC(=O)N1CCN(S(=O)(=O)c2cncc(Br)c2)CC1. The quantitative estimate of drug-likeness (QED) is 0.780. The summed E-state index contributed by atoms with van der Waals surface area (Å²) < 4.78 is 31.4. The average Bonchev–Trinajstić information content (AvgIpc) is 2.46. The third kappa shape index (κ3) is 3.10. The lowest BCUT2D eigenvalue weighted by Crippen LogP contribution is -2.50. The first kappa shape index (κ1) is 15.2. The van der Waals surface area contributed by atoms with Gasteiger partial charge in [-0.3, -0.25) is 4.98 Å². The van der Waals surface area contributed by atoms with Crippen LogP contribution in [0.4, 0.5) is 4.79 Å². The Bertz CT molecular complexity index is 599. The second-order valence-corrected chi connectivity index (χ2v) is 7.05. The first-order valence-electron chi connectivity index (χ1n) is 5.89. The number of sulfonamides is 1. The fourth-order valence-corrected chi connectivity index (χ4v) is 3.85. The zero-order valence-electron chi connectivity index (χ0n) is 10.8. The number of nitrogens with zero attached hydrogens (tertiary/aromatic N) is 3. The molecule has 110 valence electrons. The van der Waals surface area contributed by atoms with Crippen molar-refractivity contribution in [1.82, 2.24) is 14.2 Å². The predicted molar refractivity (Wildman–Crippen MR) is 74.7 cm³/mol. The highest BCUT2D eigenvalue weighted by Gasteiger charge is 2.30. The van der Waals surface area contributed by atoms with Gasteiger partial charge in [0, 0.05) is 43.0 Å². The molecule has 1 saturated heterocycles. The zero-order valence-corrected chi connectivity index (χ0v) is 13.2. The van der Waals surface area contributed by atoms with Crippen LogP contribution in [-0.2, 0) is 14.8 Å². The lowest BCUT2D eigenvalue weighted by molar-refractivity contribution is 0.108. The van der Waals surface area contributed by atoms with Crippen LogP contribution >= 0.6 is 15.9 Å². The molecule has 1 aliphatic rings. The Morgan fingerprint density at radius 3 is 2.50 bits per heavy atom. The molecule has 7 nitrogen and oxygen atoms in total. The van der Waals surface area contributed by atoms with Crippen molar-refractivity contribution in [1.29, 1.82) is 0 Å². The molecule has 0 bridgehead atoms. The second kappa shape index (κ2) is 6.06. The summed E-state index contributed by atoms with van der Waals surface area (Å²) in [6, 6.07) is 1.51. The van der Waals surface area contributed by atoms with Crippen LogP contribution in [0.5, 0.6) is 0 Å². The van der Waals surface area contributed by atoms with E-state index in [1.54, 1.807) is 0 Å². The summed E-state index contributed by atoms with van der Waals surface area (Å²) in [6.45, 7) is 1.11. The van der Waals surface area contributed by atoms with Gasteiger partial charge in [0.15, 0.2) is 0 Å². The zero-order chi connectivity index (χ0) is 14.8. The van der Waals surface area contributed by atoms with Crippen molar-refractivity contribution in [2.24, 2.45) is 0 Å². The van der Waals surface area contributed by atoms with E-state index in [-0.39, 0.29) is 18.0 Å². The molecule has 20 heavy (non-hydrogen) atoms. The molecule has 0 radical (unpaired) electrons. The van der Waals surface area contributed by atoms with E-state index in [0.717, 1.165) is 0 Å². The summed E-state index contributed by atoms with van der Waals surface area (Å²) >= 11 is 3.20. The minimum absolute atomic E-state index is 0.137. The number of carbonyl (C=O) groups excluding carboxylic acids is 1. The van der Waals surface area contributed by atoms with Crippen LogP contribution in [-0.4, -0.2) is 62.0 Å². The largest absolute Gasteiger partial charge is 0.453 e. The number of hydrogen-bond acceptors (Lipinski definition) is 5. The monoisotopic (exact) mass is 363 g/mol. The van der Waals surface area contributed by atoms with Crippen molar-refractivity contribution >= 4 is 32.0 Å². The Kier molecular flexibility index (Phi) is 4.61. The lowest BCUT2D eigenvalue weighted by Gasteiger charge is -2.32. The Balaban J connectivity index is 2.11. The molecule has 1 amide bonds. The number of pyridine rings is 1. The van der Waals surface area contributed by atoms with Gasteiger partial charge < -0.3 is 9.64 Å². The fourth-order valence-electron chi connectivity index (χ4n) is 1.92. The van der Waals surface area contributed by atoms with Crippen LogP contribution in [0.15, 0.2) is 27.8 Å². The molecule has 2 rings (SSSR count). The molecule has 0 saturated carbocycles. The Morgan fingerprint density at radius 2 is 1.95 bits per heavy atom. The highest BCUT2D eigenvalue weighted by molar-refractivity contribution is 9.10. The molecule has 0 unspecified atom stereocenters. The van der Waals surface area contributed by atoms with Crippen LogP contribution in [0.3, 0.4) is 0 Å². The van der Waals surface area contributed by atoms with Crippen molar-refractivity contribution < 1.29 is 17.9 Å². The van der Waals surface area contributed by atoms with E-state index in [1.807, 2.05) is 0 Å². The van der Waals surface area contributed by atoms with Crippen molar-refractivity contribution in [3.05, 3.63) is 22.9 Å². The van der Waals surface area contributed by atoms with Gasteiger partial charge in [-0.25, -0.2) is 13.2 Å². The standard InChI is InChI=1S/C11H14BrN3O4S/c1-19-11(16)14-2-4-15(5-3-14)20(17,18)10-6-9(12)7-13-8-10/h6-8H,2-5H2,1H3. The number of carbonyl (C=O) groups is 1. The van der Waals surface area contributed by atoms with Gasteiger partial charge in [0.2, 0.25) is 10.0 Å². The predicted octanol–water partition coefficient (Wildman–Crippen LogP) is 0.917. The van der Waals surface area contributed by atoms with Gasteiger partial charge in [0.25, 0.3) is 0 Å². The summed E-state index contributed by atoms with van der Waals surface area (Å²) in [5.41, 5.74) is 0. The molecule has 0 aliphatic carbocycles. The van der Waals surface area contributed by atoms with Crippen molar-refractivity contribution in [2.45, 2.75) is 4.90 Å². The molecule has 9 heteroatoms. The molecule has 2 heterocycles. The molecule has 0 spiro atoms. The molecule has 1 aromatic rings. The van der Waals surface area contributed by atoms with Crippen LogP contribution in [0.25, 0.3) is 0 Å². The summed E-state index contributed by atoms with van der Waals surface area (Å²) in [5.74, 6) is 0. The Hall–Kier alpha value is -1.19. The van der Waals surface area contributed by atoms with E-state index >= 15 is 0 Å². The fraction of sp³-hybridized carbons (Fsp3) is 0.455. The molecule has 0 aromatic carbocycles. The smallest absolute Gasteiger partial charge is 0.409 e. The molecular weight excluding hydrogens is 350 g/mol. The van der Waals surface area contributed by atoms with Gasteiger partial charge in [0.05, 0.1) is 7.11 Å². The number of halogens is 1. The molecule has 1 aromatic heterocycles. The van der Waals surface area contributed by atoms with Crippen LogP contribution in [0, 0.1) is 0 Å². The molecule has 0 N–H and O–H groups in total. The van der Waals surface area contributed by atoms with Gasteiger partial charge in [-0.2, -0.15) is 4.31 Å². The summed E-state index contributed by atoms with van der Waals surface area (Å²) in [7, 11) is -2.27. The van der Waals surface area contributed by atoms with Crippen molar-refractivity contribution in [2.75, 3.05) is 33.3 Å². The maximum Gasteiger partial charge on any atom is 0.409 e. The second-order valence-electron chi connectivity index (χ2n) is 4.20. The molecular formula is C11H14BrN3O4S. The third-order valence-electron chi connectivity index (χ3n) is 2.99. The van der Waals surface area contributed by atoms with Crippen molar-refractivity contribution in [3.8, 4) is 0 Å². The van der Waals surface area contributed by atoms with Gasteiger partial charge >= 0.3 is 6.09 Å². The van der Waals surface area contributed by atoms with Crippen LogP contribution in [0.1, 0.15) is 0 Å². The van der Waals surface area contributed by atoms with E-state index in [4.69, 9.17) is 0 Å². The highest BCUT2D eigenvalue weighted by atomic mass is 79.9. The Morgan fingerprint density at radius 1 is 1.30 bits per heavy atom. The van der Waals surface area contributed by atoms with Gasteiger partial charge in [-0.05, 0) is 22.0 Å². The van der Waals surface area contributed by atoms with Gasteiger partial charge in [-0.15, -0.1) is 0 Å². The lowest BCUT2D eigenvalue weighted by atomic mass is 10.4. The molecule has 1 aliphatic heterocycles. The summed E-state index contributed by atoms with van der Waals surface area (Å²) in [4.78, 5) is 16.8. The summed E-state index contributed by atoms with van der Waals surface area (Å²) in [5, 5.41) is 0. The maximum absolute atomic E-state index is 12.4. The number of aromatic nitrogens is 1. The number of hydrogen-bond donors (Lipinski definition) is 0.